The third-order valence-corrected chi connectivity index (χ3v) is 6.66. The van der Waals surface area contributed by atoms with Crippen LogP contribution in [-0.4, -0.2) is 29.6 Å². The lowest BCUT2D eigenvalue weighted by Gasteiger charge is -2.11. The molecular formula is C20H19Cl2NO5S. The van der Waals surface area contributed by atoms with Gasteiger partial charge in [-0.05, 0) is 62.2 Å². The molecule has 0 saturated heterocycles. The minimum Gasteiger partial charge on any atom is -0.491 e. The van der Waals surface area contributed by atoms with Crippen molar-refractivity contribution in [3.63, 3.8) is 0 Å². The van der Waals surface area contributed by atoms with Gasteiger partial charge < -0.3 is 9.84 Å². The molecule has 9 heteroatoms. The van der Waals surface area contributed by atoms with E-state index < -0.39 is 16.0 Å². The number of carboxylic acid groups (broad SMARTS) is 1. The van der Waals surface area contributed by atoms with Crippen molar-refractivity contribution in [1.82, 2.24) is 3.97 Å². The Bertz CT molecular complexity index is 1190. The smallest absolute Gasteiger partial charge is 0.303 e. The molecule has 154 valence electrons. The van der Waals surface area contributed by atoms with Crippen molar-refractivity contribution in [3.05, 3.63) is 58.2 Å². The molecule has 0 aliphatic heterocycles. The number of nitrogens with zero attached hydrogens (tertiary/aromatic N) is 1. The van der Waals surface area contributed by atoms with Gasteiger partial charge in [0.1, 0.15) is 5.75 Å². The Hall–Kier alpha value is -2.22. The Balaban J connectivity index is 2.18. The number of rotatable bonds is 7. The molecule has 1 N–H and O–H groups in total. The van der Waals surface area contributed by atoms with Crippen molar-refractivity contribution in [2.24, 2.45) is 0 Å². The number of benzene rings is 2. The van der Waals surface area contributed by atoms with Gasteiger partial charge in [0.2, 0.25) is 0 Å². The average molecular weight is 456 g/mol. The Morgan fingerprint density at radius 1 is 1.14 bits per heavy atom. The molecule has 0 aliphatic rings. The number of hydrogen-bond acceptors (Lipinski definition) is 4. The van der Waals surface area contributed by atoms with Crippen LogP contribution in [0, 0.1) is 0 Å². The van der Waals surface area contributed by atoms with Gasteiger partial charge in [0.15, 0.2) is 0 Å². The molecule has 0 amide bonds. The van der Waals surface area contributed by atoms with Gasteiger partial charge in [-0.1, -0.05) is 23.2 Å². The van der Waals surface area contributed by atoms with Crippen LogP contribution in [0.15, 0.2) is 47.5 Å². The van der Waals surface area contributed by atoms with E-state index in [1.807, 2.05) is 13.8 Å². The first-order valence-electron chi connectivity index (χ1n) is 8.82. The predicted octanol–water partition coefficient (Wildman–Crippen LogP) is 4.99. The summed E-state index contributed by atoms with van der Waals surface area (Å²) in [6.07, 6.45) is 1.45. The van der Waals surface area contributed by atoms with Gasteiger partial charge in [-0.2, -0.15) is 0 Å². The first-order chi connectivity index (χ1) is 13.6. The third kappa shape index (κ3) is 4.52. The molecule has 1 aromatic heterocycles. The summed E-state index contributed by atoms with van der Waals surface area (Å²) in [7, 11) is -3.97. The van der Waals surface area contributed by atoms with Crippen LogP contribution >= 0.6 is 23.2 Å². The minimum atomic E-state index is -3.97. The zero-order chi connectivity index (χ0) is 21.3. The summed E-state index contributed by atoms with van der Waals surface area (Å²) in [5.74, 6) is -0.387. The molecule has 6 nitrogen and oxygen atoms in total. The zero-order valence-corrected chi connectivity index (χ0v) is 18.1. The van der Waals surface area contributed by atoms with Gasteiger partial charge in [-0.15, -0.1) is 0 Å². The lowest BCUT2D eigenvalue weighted by Crippen LogP contribution is -2.12. The molecule has 0 saturated carbocycles. The molecule has 3 rings (SSSR count). The number of aromatic nitrogens is 1. The Morgan fingerprint density at radius 2 is 1.86 bits per heavy atom. The summed E-state index contributed by atoms with van der Waals surface area (Å²) < 4.78 is 33.3. The van der Waals surface area contributed by atoms with E-state index in [-0.39, 0.29) is 33.9 Å². The summed E-state index contributed by atoms with van der Waals surface area (Å²) in [4.78, 5) is 11.0. The normalized spacial score (nSPS) is 11.9. The van der Waals surface area contributed by atoms with Gasteiger partial charge in [-0.25, -0.2) is 12.4 Å². The molecule has 29 heavy (non-hydrogen) atoms. The Morgan fingerprint density at radius 3 is 2.48 bits per heavy atom. The van der Waals surface area contributed by atoms with E-state index in [1.54, 1.807) is 18.2 Å². The fourth-order valence-electron chi connectivity index (χ4n) is 2.98. The summed E-state index contributed by atoms with van der Waals surface area (Å²) in [6, 6.07) is 9.15. The number of halogens is 2. The minimum absolute atomic E-state index is 0.0175. The summed E-state index contributed by atoms with van der Waals surface area (Å²) in [5.41, 5.74) is 1.02. The first-order valence-corrected chi connectivity index (χ1v) is 11.0. The Kier molecular flexibility index (Phi) is 6.12. The molecule has 0 radical (unpaired) electrons. The maximum Gasteiger partial charge on any atom is 0.303 e. The van der Waals surface area contributed by atoms with Crippen LogP contribution in [0.2, 0.25) is 10.0 Å². The standard InChI is InChI=1S/C20H19Cl2NO5S/c1-12(2)28-14-4-7-19-16(9-14)13(3-8-20(24)25)11-23(19)29(26,27)15-5-6-17(21)18(22)10-15/h4-7,9-12H,3,8H2,1-2H3,(H,24,25). The molecule has 2 aromatic carbocycles. The highest BCUT2D eigenvalue weighted by atomic mass is 35.5. The van der Waals surface area contributed by atoms with Crippen molar-refractivity contribution in [2.45, 2.75) is 37.7 Å². The molecule has 0 unspecified atom stereocenters. The molecule has 3 aromatic rings. The molecule has 0 aliphatic carbocycles. The quantitative estimate of drug-likeness (QED) is 0.542. The number of carbonyl (C=O) groups is 1. The fraction of sp³-hybridized carbons (Fsp3) is 0.250. The van der Waals surface area contributed by atoms with E-state index in [0.29, 0.717) is 22.2 Å². The number of aliphatic carboxylic acids is 1. The van der Waals surface area contributed by atoms with Crippen LogP contribution in [0.25, 0.3) is 10.9 Å². The fourth-order valence-corrected chi connectivity index (χ4v) is 4.76. The van der Waals surface area contributed by atoms with E-state index in [1.165, 1.54) is 24.4 Å². The van der Waals surface area contributed by atoms with Crippen molar-refractivity contribution in [1.29, 1.82) is 0 Å². The molecule has 0 atom stereocenters. The van der Waals surface area contributed by atoms with Crippen LogP contribution in [-0.2, 0) is 21.2 Å². The molecule has 0 spiro atoms. The maximum atomic E-state index is 13.2. The number of carboxylic acids is 1. The zero-order valence-electron chi connectivity index (χ0n) is 15.7. The molecule has 1 heterocycles. The van der Waals surface area contributed by atoms with Crippen molar-refractivity contribution >= 4 is 50.1 Å². The molecule has 0 bridgehead atoms. The van der Waals surface area contributed by atoms with E-state index in [9.17, 15) is 13.2 Å². The second-order valence-corrected chi connectivity index (χ2v) is 9.40. The van der Waals surface area contributed by atoms with Crippen LogP contribution in [0.1, 0.15) is 25.8 Å². The average Bonchev–Trinajstić information content (AvgIpc) is 3.00. The van der Waals surface area contributed by atoms with Gasteiger partial charge in [0.05, 0.1) is 26.6 Å². The highest BCUT2D eigenvalue weighted by Gasteiger charge is 2.23. The van der Waals surface area contributed by atoms with Crippen LogP contribution in [0.5, 0.6) is 5.75 Å². The van der Waals surface area contributed by atoms with Crippen molar-refractivity contribution < 1.29 is 23.1 Å². The van der Waals surface area contributed by atoms with E-state index in [0.717, 1.165) is 3.97 Å². The second-order valence-electron chi connectivity index (χ2n) is 6.77. The lowest BCUT2D eigenvalue weighted by molar-refractivity contribution is -0.136. The monoisotopic (exact) mass is 455 g/mol. The largest absolute Gasteiger partial charge is 0.491 e. The van der Waals surface area contributed by atoms with Gasteiger partial charge in [0, 0.05) is 18.0 Å². The predicted molar refractivity (Wildman–Crippen MR) is 113 cm³/mol. The van der Waals surface area contributed by atoms with Crippen molar-refractivity contribution in [3.8, 4) is 5.75 Å². The number of fused-ring (bicyclic) bond motifs is 1. The molecular weight excluding hydrogens is 437 g/mol. The van der Waals surface area contributed by atoms with E-state index >= 15 is 0 Å². The number of ether oxygens (including phenoxy) is 1. The molecule has 0 fully saturated rings. The SMILES string of the molecule is CC(C)Oc1ccc2c(c1)c(CCC(=O)O)cn2S(=O)(=O)c1ccc(Cl)c(Cl)c1. The Labute approximate surface area is 178 Å². The summed E-state index contributed by atoms with van der Waals surface area (Å²) in [6.45, 7) is 3.77. The van der Waals surface area contributed by atoms with Crippen LogP contribution < -0.4 is 4.74 Å². The number of aryl methyl sites for hydroxylation is 1. The summed E-state index contributed by atoms with van der Waals surface area (Å²) >= 11 is 11.9. The maximum absolute atomic E-state index is 13.2. The third-order valence-electron chi connectivity index (χ3n) is 4.25. The van der Waals surface area contributed by atoms with Gasteiger partial charge in [-0.3, -0.25) is 4.79 Å². The second kappa shape index (κ2) is 8.26. The highest BCUT2D eigenvalue weighted by Crippen LogP contribution is 2.32. The van der Waals surface area contributed by atoms with Gasteiger partial charge in [0.25, 0.3) is 10.0 Å². The van der Waals surface area contributed by atoms with Crippen LogP contribution in [0.3, 0.4) is 0 Å². The van der Waals surface area contributed by atoms with Gasteiger partial charge >= 0.3 is 5.97 Å². The van der Waals surface area contributed by atoms with E-state index in [2.05, 4.69) is 0 Å². The first kappa shape index (κ1) is 21.5. The number of hydrogen-bond donors (Lipinski definition) is 1. The van der Waals surface area contributed by atoms with E-state index in [4.69, 9.17) is 33.0 Å². The summed E-state index contributed by atoms with van der Waals surface area (Å²) in [5, 5.41) is 10.0. The van der Waals surface area contributed by atoms with Crippen LogP contribution in [0.4, 0.5) is 0 Å². The van der Waals surface area contributed by atoms with Crippen molar-refractivity contribution in [2.75, 3.05) is 0 Å². The lowest BCUT2D eigenvalue weighted by atomic mass is 10.1. The topological polar surface area (TPSA) is 85.6 Å². The highest BCUT2D eigenvalue weighted by molar-refractivity contribution is 7.90.